The molecule has 1 atom stereocenters. The molecule has 0 spiro atoms. The van der Waals surface area contributed by atoms with Gasteiger partial charge in [0.05, 0.1) is 11.4 Å². The summed E-state index contributed by atoms with van der Waals surface area (Å²) in [6, 6.07) is 2.57. The first-order valence-corrected chi connectivity index (χ1v) is 5.23. The zero-order valence-corrected chi connectivity index (χ0v) is 8.19. The molecule has 0 radical (unpaired) electrons. The molecular weight excluding hydrogens is 198 g/mol. The van der Waals surface area contributed by atoms with Gasteiger partial charge in [0.1, 0.15) is 5.82 Å². The first-order chi connectivity index (χ1) is 7.24. The zero-order chi connectivity index (χ0) is 10.4. The van der Waals surface area contributed by atoms with Gasteiger partial charge in [-0.3, -0.25) is 0 Å². The summed E-state index contributed by atoms with van der Waals surface area (Å²) in [5.74, 6) is -0.388. The predicted molar refractivity (Wildman–Crippen MR) is 55.0 cm³/mol. The van der Waals surface area contributed by atoms with E-state index in [0.29, 0.717) is 23.3 Å². The van der Waals surface area contributed by atoms with Gasteiger partial charge >= 0.3 is 0 Å². The Bertz CT molecular complexity index is 402. The van der Waals surface area contributed by atoms with Gasteiger partial charge in [0.25, 0.3) is 0 Å². The van der Waals surface area contributed by atoms with Crippen LogP contribution in [0.25, 0.3) is 0 Å². The third-order valence-corrected chi connectivity index (χ3v) is 3.09. The molecule has 3 rings (SSSR count). The van der Waals surface area contributed by atoms with Gasteiger partial charge in [0, 0.05) is 18.7 Å². The van der Waals surface area contributed by atoms with Crippen LogP contribution in [-0.2, 0) is 0 Å². The molecule has 1 aliphatic heterocycles. The van der Waals surface area contributed by atoms with Crippen LogP contribution in [0, 0.1) is 17.6 Å². The highest BCUT2D eigenvalue weighted by molar-refractivity contribution is 5.72. The van der Waals surface area contributed by atoms with Gasteiger partial charge in [0.2, 0.25) is 0 Å². The van der Waals surface area contributed by atoms with Crippen LogP contribution in [0.4, 0.5) is 20.2 Å². The molecule has 1 aromatic carbocycles. The van der Waals surface area contributed by atoms with E-state index in [2.05, 4.69) is 10.6 Å². The minimum absolute atomic E-state index is 0.318. The number of rotatable bonds is 1. The topological polar surface area (TPSA) is 24.1 Å². The molecule has 2 aliphatic rings. The number of anilines is 2. The molecule has 0 aromatic heterocycles. The number of nitrogens with one attached hydrogen (secondary N) is 2. The Hall–Kier alpha value is -1.32. The molecule has 1 unspecified atom stereocenters. The summed E-state index contributed by atoms with van der Waals surface area (Å²) in [5.41, 5.74) is 0.948. The molecule has 0 bridgehead atoms. The summed E-state index contributed by atoms with van der Waals surface area (Å²) in [4.78, 5) is 0. The molecule has 15 heavy (non-hydrogen) atoms. The average molecular weight is 210 g/mol. The summed E-state index contributed by atoms with van der Waals surface area (Å²) < 4.78 is 26.3. The van der Waals surface area contributed by atoms with Crippen molar-refractivity contribution in [3.63, 3.8) is 0 Å². The molecular formula is C11H12F2N2. The smallest absolute Gasteiger partial charge is 0.151 e. The molecule has 0 saturated heterocycles. The van der Waals surface area contributed by atoms with E-state index < -0.39 is 11.6 Å². The number of hydrogen-bond acceptors (Lipinski definition) is 2. The summed E-state index contributed by atoms with van der Waals surface area (Å²) in [7, 11) is 0. The second kappa shape index (κ2) is 3.08. The van der Waals surface area contributed by atoms with Crippen molar-refractivity contribution < 1.29 is 8.78 Å². The van der Waals surface area contributed by atoms with E-state index in [1.54, 1.807) is 0 Å². The minimum atomic E-state index is -0.531. The fraction of sp³-hybridized carbons (Fsp3) is 0.455. The van der Waals surface area contributed by atoms with E-state index in [4.69, 9.17) is 0 Å². The molecule has 0 amide bonds. The standard InChI is InChI=1S/C11H12F2N2/c12-7-3-8(13)11-9(4-7)15-10(5-14-11)6-1-2-6/h3-4,6,10,14-15H,1-2,5H2. The minimum Gasteiger partial charge on any atom is -0.379 e. The van der Waals surface area contributed by atoms with E-state index in [9.17, 15) is 8.78 Å². The highest BCUT2D eigenvalue weighted by Gasteiger charge is 2.34. The van der Waals surface area contributed by atoms with Crippen LogP contribution in [0.15, 0.2) is 12.1 Å². The summed E-state index contributed by atoms with van der Waals surface area (Å²) in [5, 5.41) is 6.22. The van der Waals surface area contributed by atoms with Crippen molar-refractivity contribution in [3.05, 3.63) is 23.8 Å². The predicted octanol–water partition coefficient (Wildman–Crippen LogP) is 2.58. The Morgan fingerprint density at radius 3 is 2.73 bits per heavy atom. The third-order valence-electron chi connectivity index (χ3n) is 3.09. The summed E-state index contributed by atoms with van der Waals surface area (Å²) in [6.07, 6.45) is 2.43. The van der Waals surface area contributed by atoms with E-state index in [-0.39, 0.29) is 0 Å². The number of benzene rings is 1. The lowest BCUT2D eigenvalue weighted by atomic mass is 10.1. The van der Waals surface area contributed by atoms with Crippen LogP contribution in [-0.4, -0.2) is 12.6 Å². The van der Waals surface area contributed by atoms with Crippen molar-refractivity contribution in [2.75, 3.05) is 17.2 Å². The maximum Gasteiger partial charge on any atom is 0.151 e. The van der Waals surface area contributed by atoms with E-state index in [0.717, 1.165) is 12.6 Å². The summed E-state index contributed by atoms with van der Waals surface area (Å²) >= 11 is 0. The Balaban J connectivity index is 1.93. The van der Waals surface area contributed by atoms with Crippen molar-refractivity contribution >= 4 is 11.4 Å². The first-order valence-electron chi connectivity index (χ1n) is 5.23. The van der Waals surface area contributed by atoms with Gasteiger partial charge in [-0.2, -0.15) is 0 Å². The van der Waals surface area contributed by atoms with Gasteiger partial charge in [-0.15, -0.1) is 0 Å². The van der Waals surface area contributed by atoms with Gasteiger partial charge < -0.3 is 10.6 Å². The molecule has 80 valence electrons. The Kier molecular flexibility index (Phi) is 1.84. The SMILES string of the molecule is Fc1cc(F)c2c(c1)NC(C1CC1)CN2. The molecule has 1 aromatic rings. The van der Waals surface area contributed by atoms with Crippen LogP contribution in [0.2, 0.25) is 0 Å². The molecule has 1 heterocycles. The lowest BCUT2D eigenvalue weighted by Gasteiger charge is -2.28. The first kappa shape index (κ1) is 8.95. The Morgan fingerprint density at radius 1 is 1.20 bits per heavy atom. The highest BCUT2D eigenvalue weighted by Crippen LogP contribution is 2.38. The van der Waals surface area contributed by atoms with Crippen molar-refractivity contribution in [1.29, 1.82) is 0 Å². The van der Waals surface area contributed by atoms with Crippen LogP contribution >= 0.6 is 0 Å². The fourth-order valence-electron chi connectivity index (χ4n) is 2.11. The molecule has 2 N–H and O–H groups in total. The lowest BCUT2D eigenvalue weighted by Crippen LogP contribution is -2.35. The molecule has 1 fully saturated rings. The van der Waals surface area contributed by atoms with Gasteiger partial charge in [-0.05, 0) is 24.8 Å². The fourth-order valence-corrected chi connectivity index (χ4v) is 2.11. The maximum atomic E-state index is 13.3. The Morgan fingerprint density at radius 2 is 2.00 bits per heavy atom. The monoisotopic (exact) mass is 210 g/mol. The van der Waals surface area contributed by atoms with Crippen molar-refractivity contribution in [2.24, 2.45) is 5.92 Å². The second-order valence-corrected chi connectivity index (χ2v) is 4.28. The third kappa shape index (κ3) is 1.54. The van der Waals surface area contributed by atoms with Crippen molar-refractivity contribution in [1.82, 2.24) is 0 Å². The molecule has 1 saturated carbocycles. The summed E-state index contributed by atoms with van der Waals surface area (Å²) in [6.45, 7) is 0.722. The zero-order valence-electron chi connectivity index (χ0n) is 8.19. The van der Waals surface area contributed by atoms with E-state index in [1.807, 2.05) is 0 Å². The molecule has 1 aliphatic carbocycles. The molecule has 4 heteroatoms. The lowest BCUT2D eigenvalue weighted by molar-refractivity contribution is 0.577. The average Bonchev–Trinajstić information content (AvgIpc) is 2.99. The highest BCUT2D eigenvalue weighted by atomic mass is 19.1. The van der Waals surface area contributed by atoms with Crippen molar-refractivity contribution in [2.45, 2.75) is 18.9 Å². The largest absolute Gasteiger partial charge is 0.379 e. The van der Waals surface area contributed by atoms with Gasteiger partial charge in [-0.25, -0.2) is 8.78 Å². The van der Waals surface area contributed by atoms with Gasteiger partial charge in [0.15, 0.2) is 5.82 Å². The quantitative estimate of drug-likeness (QED) is 0.744. The molecule has 2 nitrogen and oxygen atoms in total. The van der Waals surface area contributed by atoms with E-state index in [1.165, 1.54) is 18.9 Å². The van der Waals surface area contributed by atoms with Crippen LogP contribution < -0.4 is 10.6 Å². The Labute approximate surface area is 86.7 Å². The normalized spacial score (nSPS) is 24.0. The van der Waals surface area contributed by atoms with Crippen LogP contribution in [0.3, 0.4) is 0 Å². The van der Waals surface area contributed by atoms with E-state index >= 15 is 0 Å². The number of halogens is 2. The number of fused-ring (bicyclic) bond motifs is 1. The second-order valence-electron chi connectivity index (χ2n) is 4.28. The maximum absolute atomic E-state index is 13.3. The van der Waals surface area contributed by atoms with Crippen molar-refractivity contribution in [3.8, 4) is 0 Å². The van der Waals surface area contributed by atoms with Crippen LogP contribution in [0.5, 0.6) is 0 Å². The van der Waals surface area contributed by atoms with Crippen LogP contribution in [0.1, 0.15) is 12.8 Å². The van der Waals surface area contributed by atoms with Gasteiger partial charge in [-0.1, -0.05) is 0 Å². The number of hydrogen-bond donors (Lipinski definition) is 2.